The van der Waals surface area contributed by atoms with E-state index in [-0.39, 0.29) is 0 Å². The van der Waals surface area contributed by atoms with Crippen LogP contribution in [0.2, 0.25) is 0 Å². The van der Waals surface area contributed by atoms with Gasteiger partial charge in [-0.1, -0.05) is 115 Å². The Kier molecular flexibility index (Phi) is 5.17. The normalized spacial score (nSPS) is 11.5. The Balaban J connectivity index is 1.63. The fraction of sp³-hybridized carbons (Fsp3) is 0. The van der Waals surface area contributed by atoms with Crippen LogP contribution in [0.4, 0.5) is 17.1 Å². The number of rotatable bonds is 4. The molecule has 0 fully saturated rings. The van der Waals surface area contributed by atoms with E-state index < -0.39 is 0 Å². The van der Waals surface area contributed by atoms with Crippen LogP contribution in [0.5, 0.6) is 0 Å². The molecule has 0 radical (unpaired) electrons. The van der Waals surface area contributed by atoms with Gasteiger partial charge in [0.1, 0.15) is 0 Å². The molecule has 2 heteroatoms. The van der Waals surface area contributed by atoms with Gasteiger partial charge in [-0.15, -0.1) is 0 Å². The first-order valence-electron chi connectivity index (χ1n) is 13.7. The van der Waals surface area contributed by atoms with Gasteiger partial charge >= 0.3 is 0 Å². The van der Waals surface area contributed by atoms with Gasteiger partial charge in [0, 0.05) is 32.9 Å². The third-order valence-electron chi connectivity index (χ3n) is 7.91. The number of para-hydroxylation sites is 3. The van der Waals surface area contributed by atoms with Crippen LogP contribution >= 0.6 is 0 Å². The summed E-state index contributed by atoms with van der Waals surface area (Å²) in [5.74, 6) is 0. The lowest BCUT2D eigenvalue weighted by Gasteiger charge is -2.28. The third-order valence-corrected chi connectivity index (χ3v) is 7.91. The van der Waals surface area contributed by atoms with E-state index in [9.17, 15) is 0 Å². The molecule has 8 rings (SSSR count). The molecule has 0 amide bonds. The van der Waals surface area contributed by atoms with Crippen LogP contribution < -0.4 is 4.90 Å². The summed E-state index contributed by atoms with van der Waals surface area (Å²) in [5.41, 5.74) is 7.01. The maximum Gasteiger partial charge on any atom is 0.0789 e. The van der Waals surface area contributed by atoms with Crippen molar-refractivity contribution in [3.63, 3.8) is 0 Å². The number of anilines is 3. The van der Waals surface area contributed by atoms with Gasteiger partial charge in [-0.05, 0) is 53.2 Å². The summed E-state index contributed by atoms with van der Waals surface area (Å²) < 4.78 is 2.48. The molecule has 7 aromatic carbocycles. The smallest absolute Gasteiger partial charge is 0.0789 e. The Morgan fingerprint density at radius 2 is 0.950 bits per heavy atom. The Bertz CT molecular complexity index is 2110. The number of hydrogen-bond acceptors (Lipinski definition) is 1. The number of nitrogens with zero attached hydrogens (tertiary/aromatic N) is 2. The highest BCUT2D eigenvalue weighted by molar-refractivity contribution is 6.22. The van der Waals surface area contributed by atoms with Crippen molar-refractivity contribution in [2.75, 3.05) is 4.90 Å². The predicted octanol–water partition coefficient (Wildman–Crippen LogP) is 10.6. The number of fused-ring (bicyclic) bond motifs is 5. The first-order chi connectivity index (χ1) is 19.9. The first kappa shape index (κ1) is 22.6. The fourth-order valence-electron chi connectivity index (χ4n) is 6.21. The molecule has 0 aliphatic carbocycles. The molecule has 0 N–H and O–H groups in total. The molecular formula is C38H26N2. The maximum absolute atomic E-state index is 2.48. The van der Waals surface area contributed by atoms with Crippen molar-refractivity contribution in [3.8, 4) is 5.69 Å². The largest absolute Gasteiger partial charge is 0.308 e. The van der Waals surface area contributed by atoms with Crippen molar-refractivity contribution < 1.29 is 0 Å². The molecule has 0 unspecified atom stereocenters. The van der Waals surface area contributed by atoms with Crippen LogP contribution in [0.1, 0.15) is 0 Å². The summed E-state index contributed by atoms with van der Waals surface area (Å²) in [6.45, 7) is 0. The van der Waals surface area contributed by atoms with Crippen LogP contribution in [-0.2, 0) is 0 Å². The van der Waals surface area contributed by atoms with Gasteiger partial charge in [-0.3, -0.25) is 0 Å². The van der Waals surface area contributed by atoms with E-state index in [0.29, 0.717) is 0 Å². The van der Waals surface area contributed by atoms with Crippen molar-refractivity contribution in [2.24, 2.45) is 0 Å². The standard InChI is InChI=1S/C38H26N2/c1-3-17-29(18-4-1)39(30-19-5-2-6-20-30)37-32-22-10-8-15-28(32)26-34-33-23-11-12-24-36(33)40(38(34)37)35-25-13-16-27-14-7-9-21-31(27)35/h1-26H. The Morgan fingerprint density at radius 1 is 0.400 bits per heavy atom. The predicted molar refractivity (Wildman–Crippen MR) is 170 cm³/mol. The van der Waals surface area contributed by atoms with Gasteiger partial charge in [0.2, 0.25) is 0 Å². The summed E-state index contributed by atoms with van der Waals surface area (Å²) in [6, 6.07) is 56.7. The second-order valence-corrected chi connectivity index (χ2v) is 10.2. The Morgan fingerprint density at radius 3 is 1.68 bits per heavy atom. The minimum absolute atomic E-state index is 1.13. The van der Waals surface area contributed by atoms with Gasteiger partial charge in [-0.2, -0.15) is 0 Å². The minimum atomic E-state index is 1.13. The van der Waals surface area contributed by atoms with E-state index in [0.717, 1.165) is 11.4 Å². The second-order valence-electron chi connectivity index (χ2n) is 10.2. The summed E-state index contributed by atoms with van der Waals surface area (Å²) in [4.78, 5) is 2.42. The summed E-state index contributed by atoms with van der Waals surface area (Å²) in [5, 5.41) is 7.40. The molecule has 40 heavy (non-hydrogen) atoms. The molecule has 0 atom stereocenters. The van der Waals surface area contributed by atoms with E-state index in [2.05, 4.69) is 167 Å². The zero-order chi connectivity index (χ0) is 26.5. The molecule has 8 aromatic rings. The van der Waals surface area contributed by atoms with E-state index >= 15 is 0 Å². The highest BCUT2D eigenvalue weighted by Gasteiger charge is 2.24. The lowest BCUT2D eigenvalue weighted by molar-refractivity contribution is 1.18. The quantitative estimate of drug-likeness (QED) is 0.229. The van der Waals surface area contributed by atoms with E-state index in [1.54, 1.807) is 0 Å². The molecule has 0 bridgehead atoms. The Hall–Kier alpha value is -5.34. The Labute approximate surface area is 233 Å². The minimum Gasteiger partial charge on any atom is -0.308 e. The van der Waals surface area contributed by atoms with E-state index in [4.69, 9.17) is 0 Å². The van der Waals surface area contributed by atoms with Crippen molar-refractivity contribution in [3.05, 3.63) is 158 Å². The average molecular weight is 511 g/mol. The summed E-state index contributed by atoms with van der Waals surface area (Å²) in [6.07, 6.45) is 0. The molecule has 0 aliphatic heterocycles. The first-order valence-corrected chi connectivity index (χ1v) is 13.7. The van der Waals surface area contributed by atoms with E-state index in [1.807, 2.05) is 0 Å². The molecule has 0 aliphatic rings. The third kappa shape index (κ3) is 3.43. The van der Waals surface area contributed by atoms with Crippen molar-refractivity contribution in [2.45, 2.75) is 0 Å². The lowest BCUT2D eigenvalue weighted by atomic mass is 10.0. The van der Waals surface area contributed by atoms with Crippen LogP contribution in [0.15, 0.2) is 158 Å². The van der Waals surface area contributed by atoms with Crippen LogP contribution in [0.25, 0.3) is 49.0 Å². The molecule has 188 valence electrons. The zero-order valence-electron chi connectivity index (χ0n) is 21.9. The van der Waals surface area contributed by atoms with E-state index in [1.165, 1.54) is 54.7 Å². The lowest BCUT2D eigenvalue weighted by Crippen LogP contribution is -2.12. The number of hydrogen-bond donors (Lipinski definition) is 0. The van der Waals surface area contributed by atoms with Crippen molar-refractivity contribution in [1.29, 1.82) is 0 Å². The fourth-order valence-corrected chi connectivity index (χ4v) is 6.21. The zero-order valence-corrected chi connectivity index (χ0v) is 21.9. The molecule has 2 nitrogen and oxygen atoms in total. The van der Waals surface area contributed by atoms with Crippen molar-refractivity contribution >= 4 is 60.4 Å². The SMILES string of the molecule is c1ccc(N(c2ccccc2)c2c3ccccc3cc3c4ccccc4n(-c4cccc5ccccc45)c23)cc1. The van der Waals surface area contributed by atoms with Crippen molar-refractivity contribution in [1.82, 2.24) is 4.57 Å². The molecular weight excluding hydrogens is 484 g/mol. The molecule has 1 heterocycles. The molecule has 0 spiro atoms. The average Bonchev–Trinajstić information content (AvgIpc) is 3.35. The number of aromatic nitrogens is 1. The maximum atomic E-state index is 2.48. The van der Waals surface area contributed by atoms with Gasteiger partial charge in [0.25, 0.3) is 0 Å². The topological polar surface area (TPSA) is 8.17 Å². The van der Waals surface area contributed by atoms with Gasteiger partial charge in [0.15, 0.2) is 0 Å². The molecule has 0 saturated heterocycles. The highest BCUT2D eigenvalue weighted by Crippen LogP contribution is 2.47. The molecule has 1 aromatic heterocycles. The monoisotopic (exact) mass is 510 g/mol. The highest BCUT2D eigenvalue weighted by atomic mass is 15.2. The summed E-state index contributed by atoms with van der Waals surface area (Å²) >= 11 is 0. The molecule has 0 saturated carbocycles. The van der Waals surface area contributed by atoms with Crippen LogP contribution in [-0.4, -0.2) is 4.57 Å². The van der Waals surface area contributed by atoms with Crippen LogP contribution in [0.3, 0.4) is 0 Å². The second kappa shape index (κ2) is 9.14. The van der Waals surface area contributed by atoms with Crippen LogP contribution in [0, 0.1) is 0 Å². The van der Waals surface area contributed by atoms with Gasteiger partial charge < -0.3 is 9.47 Å². The van der Waals surface area contributed by atoms with Gasteiger partial charge in [-0.25, -0.2) is 0 Å². The van der Waals surface area contributed by atoms with Gasteiger partial charge in [0.05, 0.1) is 22.4 Å². The summed E-state index contributed by atoms with van der Waals surface area (Å²) in [7, 11) is 0. The number of benzene rings is 7.